The molecule has 0 bridgehead atoms. The first kappa shape index (κ1) is 16.6. The summed E-state index contributed by atoms with van der Waals surface area (Å²) in [7, 11) is 3.93. The van der Waals surface area contributed by atoms with Crippen LogP contribution < -0.4 is 11.0 Å². The molecule has 1 aromatic rings. The van der Waals surface area contributed by atoms with Gasteiger partial charge in [-0.2, -0.15) is 5.53 Å². The predicted molar refractivity (Wildman–Crippen MR) is 77.7 cm³/mol. The number of benzene rings is 1. The normalized spacial score (nSPS) is 10.0. The number of rotatable bonds is 3. The first-order chi connectivity index (χ1) is 8.36. The number of hydrazine groups is 2. The summed E-state index contributed by atoms with van der Waals surface area (Å²) in [5, 5.41) is 1.89. The molecule has 0 saturated heterocycles. The van der Waals surface area contributed by atoms with Gasteiger partial charge in [-0.25, -0.2) is 5.01 Å². The van der Waals surface area contributed by atoms with E-state index in [9.17, 15) is 0 Å². The van der Waals surface area contributed by atoms with Crippen molar-refractivity contribution in [2.45, 2.75) is 34.6 Å². The lowest BCUT2D eigenvalue weighted by Crippen LogP contribution is -2.36. The zero-order valence-corrected chi connectivity index (χ0v) is 12.6. The fourth-order valence-corrected chi connectivity index (χ4v) is 1.86. The first-order valence-corrected chi connectivity index (χ1v) is 5.91. The number of carbonyl (C=O) groups is 1. The van der Waals surface area contributed by atoms with Gasteiger partial charge < -0.3 is 10.2 Å². The summed E-state index contributed by atoms with van der Waals surface area (Å²) in [6.45, 7) is 12.9. The van der Waals surface area contributed by atoms with Crippen LogP contribution in [0.25, 0.3) is 0 Å². The van der Waals surface area contributed by atoms with Crippen LogP contribution in [0.5, 0.6) is 0 Å². The van der Waals surface area contributed by atoms with E-state index in [1.54, 1.807) is 0 Å². The number of anilines is 1. The maximum absolute atomic E-state index is 8.00. The molecule has 0 spiro atoms. The van der Waals surface area contributed by atoms with Gasteiger partial charge in [-0.1, -0.05) is 0 Å². The SMILES string of the molecule is C=O.Cc1c(C)c(C)c(NNN(C)C)c(C)c1C. The van der Waals surface area contributed by atoms with Gasteiger partial charge in [0.25, 0.3) is 0 Å². The van der Waals surface area contributed by atoms with Crippen molar-refractivity contribution in [2.24, 2.45) is 0 Å². The molecule has 0 heterocycles. The van der Waals surface area contributed by atoms with Crippen molar-refractivity contribution < 1.29 is 4.79 Å². The number of carbonyl (C=O) groups excluding carboxylic acids is 1. The van der Waals surface area contributed by atoms with Crippen LogP contribution in [0.4, 0.5) is 5.69 Å². The molecule has 0 amide bonds. The molecule has 0 aromatic heterocycles. The number of hydrogen-bond donors (Lipinski definition) is 2. The van der Waals surface area contributed by atoms with Crippen LogP contribution in [0.2, 0.25) is 0 Å². The highest BCUT2D eigenvalue weighted by atomic mass is 16.1. The molecule has 1 rings (SSSR count). The van der Waals surface area contributed by atoms with Gasteiger partial charge in [-0.15, -0.1) is 0 Å². The number of hydrogen-bond acceptors (Lipinski definition) is 4. The minimum Gasteiger partial charge on any atom is -0.307 e. The van der Waals surface area contributed by atoms with Crippen molar-refractivity contribution >= 4 is 12.5 Å². The summed E-state index contributed by atoms with van der Waals surface area (Å²) in [5.74, 6) is 0. The second-order valence-corrected chi connectivity index (χ2v) is 4.63. The van der Waals surface area contributed by atoms with Gasteiger partial charge in [0.2, 0.25) is 0 Å². The van der Waals surface area contributed by atoms with Gasteiger partial charge in [-0.3, -0.25) is 0 Å². The Balaban J connectivity index is 0.00000137. The molecule has 2 N–H and O–H groups in total. The van der Waals surface area contributed by atoms with E-state index in [-0.39, 0.29) is 0 Å². The summed E-state index contributed by atoms with van der Waals surface area (Å²) in [6, 6.07) is 0. The lowest BCUT2D eigenvalue weighted by atomic mass is 9.93. The summed E-state index contributed by atoms with van der Waals surface area (Å²) >= 11 is 0. The molecule has 1 aromatic carbocycles. The molecule has 102 valence electrons. The van der Waals surface area contributed by atoms with Crippen LogP contribution in [0.15, 0.2) is 0 Å². The van der Waals surface area contributed by atoms with E-state index in [1.807, 2.05) is 25.9 Å². The number of nitrogens with zero attached hydrogens (tertiary/aromatic N) is 1. The molecule has 0 aliphatic carbocycles. The van der Waals surface area contributed by atoms with E-state index in [1.165, 1.54) is 33.5 Å². The molecule has 0 radical (unpaired) electrons. The second kappa shape index (κ2) is 7.13. The van der Waals surface area contributed by atoms with E-state index >= 15 is 0 Å². The highest BCUT2D eigenvalue weighted by Crippen LogP contribution is 2.29. The summed E-state index contributed by atoms with van der Waals surface area (Å²) in [6.07, 6.45) is 0. The lowest BCUT2D eigenvalue weighted by Gasteiger charge is -2.22. The van der Waals surface area contributed by atoms with E-state index < -0.39 is 0 Å². The molecule has 18 heavy (non-hydrogen) atoms. The highest BCUT2D eigenvalue weighted by Gasteiger charge is 2.11. The van der Waals surface area contributed by atoms with Crippen molar-refractivity contribution in [3.63, 3.8) is 0 Å². The Hall–Kier alpha value is -1.39. The van der Waals surface area contributed by atoms with Gasteiger partial charge in [0, 0.05) is 14.1 Å². The van der Waals surface area contributed by atoms with E-state index in [0.717, 1.165) is 0 Å². The van der Waals surface area contributed by atoms with Crippen molar-refractivity contribution in [2.75, 3.05) is 19.5 Å². The van der Waals surface area contributed by atoms with E-state index in [4.69, 9.17) is 4.79 Å². The molecule has 0 unspecified atom stereocenters. The van der Waals surface area contributed by atoms with Crippen LogP contribution in [0, 0.1) is 34.6 Å². The van der Waals surface area contributed by atoms with Crippen molar-refractivity contribution in [3.8, 4) is 0 Å². The standard InChI is InChI=1S/C13H23N3.CH2O/c1-8-9(2)11(4)13(12(5)10(8)3)14-15-16(6)7;1-2/h14-15H,1-7H3;1H2. The number of nitrogens with one attached hydrogen (secondary N) is 2. The predicted octanol–water partition coefficient (Wildman–Crippen LogP) is 2.44. The average Bonchev–Trinajstić information content (AvgIpc) is 2.36. The third-order valence-corrected chi connectivity index (χ3v) is 3.40. The third-order valence-electron chi connectivity index (χ3n) is 3.40. The molecular formula is C14H25N3O. The van der Waals surface area contributed by atoms with E-state index in [2.05, 4.69) is 45.6 Å². The third kappa shape index (κ3) is 3.55. The average molecular weight is 251 g/mol. The van der Waals surface area contributed by atoms with Crippen LogP contribution in [-0.4, -0.2) is 25.9 Å². The Bertz CT molecular complexity index is 385. The Morgan fingerprint density at radius 2 is 1.11 bits per heavy atom. The largest absolute Gasteiger partial charge is 0.307 e. The van der Waals surface area contributed by atoms with Crippen LogP contribution in [0.3, 0.4) is 0 Å². The molecule has 0 fully saturated rings. The van der Waals surface area contributed by atoms with Gasteiger partial charge in [0.1, 0.15) is 6.79 Å². The maximum atomic E-state index is 8.00. The molecule has 0 aliphatic heterocycles. The van der Waals surface area contributed by atoms with Gasteiger partial charge in [0.05, 0.1) is 5.69 Å². The fraction of sp³-hybridized carbons (Fsp3) is 0.500. The monoisotopic (exact) mass is 251 g/mol. The quantitative estimate of drug-likeness (QED) is 0.810. The molecule has 4 heteroatoms. The van der Waals surface area contributed by atoms with Crippen LogP contribution >= 0.6 is 0 Å². The zero-order chi connectivity index (χ0) is 14.5. The highest BCUT2D eigenvalue weighted by molar-refractivity contribution is 5.64. The summed E-state index contributed by atoms with van der Waals surface area (Å²) < 4.78 is 0. The molecular weight excluding hydrogens is 226 g/mol. The second-order valence-electron chi connectivity index (χ2n) is 4.63. The van der Waals surface area contributed by atoms with E-state index in [0.29, 0.717) is 0 Å². The van der Waals surface area contributed by atoms with Gasteiger partial charge in [0.15, 0.2) is 0 Å². The molecule has 0 atom stereocenters. The van der Waals surface area contributed by atoms with Crippen LogP contribution in [-0.2, 0) is 4.79 Å². The smallest absolute Gasteiger partial charge is 0.106 e. The molecule has 0 saturated carbocycles. The Morgan fingerprint density at radius 1 is 0.778 bits per heavy atom. The Kier molecular flexibility index (Phi) is 6.58. The van der Waals surface area contributed by atoms with Crippen molar-refractivity contribution in [1.82, 2.24) is 10.5 Å². The summed E-state index contributed by atoms with van der Waals surface area (Å²) in [5.41, 5.74) is 14.3. The van der Waals surface area contributed by atoms with Gasteiger partial charge >= 0.3 is 0 Å². The van der Waals surface area contributed by atoms with Crippen molar-refractivity contribution in [3.05, 3.63) is 27.8 Å². The minimum absolute atomic E-state index is 1.19. The lowest BCUT2D eigenvalue weighted by molar-refractivity contribution is -0.0979. The van der Waals surface area contributed by atoms with Crippen LogP contribution in [0.1, 0.15) is 27.8 Å². The fourth-order valence-electron chi connectivity index (χ4n) is 1.86. The topological polar surface area (TPSA) is 44.4 Å². The maximum Gasteiger partial charge on any atom is 0.106 e. The molecule has 4 nitrogen and oxygen atoms in total. The summed E-state index contributed by atoms with van der Waals surface area (Å²) in [4.78, 5) is 8.00. The Morgan fingerprint density at radius 3 is 1.44 bits per heavy atom. The van der Waals surface area contributed by atoms with Gasteiger partial charge in [-0.05, 0) is 62.4 Å². The minimum atomic E-state index is 1.19. The molecule has 0 aliphatic rings. The van der Waals surface area contributed by atoms with Crippen molar-refractivity contribution in [1.29, 1.82) is 0 Å². The first-order valence-electron chi connectivity index (χ1n) is 5.91. The Labute approximate surface area is 110 Å². The zero-order valence-electron chi connectivity index (χ0n) is 12.6.